The second-order valence-electron chi connectivity index (χ2n) is 7.66. The van der Waals surface area contributed by atoms with E-state index in [2.05, 4.69) is 90.9 Å². The number of thioether (sulfide) groups is 1. The predicted octanol–water partition coefficient (Wildman–Crippen LogP) is 7.72. The van der Waals surface area contributed by atoms with Crippen molar-refractivity contribution in [3.63, 3.8) is 0 Å². The molecule has 138 valence electrons. The van der Waals surface area contributed by atoms with Gasteiger partial charge in [-0.2, -0.15) is 0 Å². The highest BCUT2D eigenvalue weighted by Crippen LogP contribution is 2.34. The first kappa shape index (κ1) is 20.4. The van der Waals surface area contributed by atoms with E-state index in [1.165, 1.54) is 21.6 Å². The van der Waals surface area contributed by atoms with Gasteiger partial charge in [0.15, 0.2) is 5.09 Å². The lowest BCUT2D eigenvalue weighted by Crippen LogP contribution is -2.10. The SMILES string of the molecule is C/C=C(/C)S/C(Oc1ccc(C)cc1)=C(\C)c1ccc(C(C)(C)C)cc1. The molecule has 0 spiro atoms. The Morgan fingerprint density at radius 1 is 0.923 bits per heavy atom. The average Bonchev–Trinajstić information content (AvgIpc) is 2.61. The Morgan fingerprint density at radius 2 is 1.50 bits per heavy atom. The van der Waals surface area contributed by atoms with Crippen molar-refractivity contribution < 1.29 is 4.74 Å². The van der Waals surface area contributed by atoms with E-state index in [0.29, 0.717) is 0 Å². The molecular weight excluding hydrogens is 336 g/mol. The zero-order valence-electron chi connectivity index (χ0n) is 17.0. The highest BCUT2D eigenvalue weighted by Gasteiger charge is 2.15. The summed E-state index contributed by atoms with van der Waals surface area (Å²) in [5.41, 5.74) is 5.07. The van der Waals surface area contributed by atoms with Crippen molar-refractivity contribution in [2.45, 2.75) is 53.9 Å². The van der Waals surface area contributed by atoms with E-state index in [1.54, 1.807) is 11.8 Å². The molecule has 1 nitrogen and oxygen atoms in total. The van der Waals surface area contributed by atoms with E-state index < -0.39 is 0 Å². The van der Waals surface area contributed by atoms with Crippen LogP contribution in [0.4, 0.5) is 0 Å². The maximum absolute atomic E-state index is 6.26. The maximum atomic E-state index is 6.26. The van der Waals surface area contributed by atoms with Gasteiger partial charge < -0.3 is 4.74 Å². The lowest BCUT2D eigenvalue weighted by molar-refractivity contribution is 0.468. The lowest BCUT2D eigenvalue weighted by Gasteiger charge is -2.20. The molecular formula is C24H30OS. The van der Waals surface area contributed by atoms with Gasteiger partial charge in [0.05, 0.1) is 0 Å². The molecule has 0 unspecified atom stereocenters. The van der Waals surface area contributed by atoms with Crippen LogP contribution in [0.5, 0.6) is 5.75 Å². The number of hydrogen-bond acceptors (Lipinski definition) is 2. The van der Waals surface area contributed by atoms with Gasteiger partial charge >= 0.3 is 0 Å². The summed E-state index contributed by atoms with van der Waals surface area (Å²) in [6, 6.07) is 17.0. The Labute approximate surface area is 163 Å². The number of rotatable bonds is 5. The van der Waals surface area contributed by atoms with E-state index in [9.17, 15) is 0 Å². The number of ether oxygens (including phenoxy) is 1. The van der Waals surface area contributed by atoms with Gasteiger partial charge in [-0.25, -0.2) is 0 Å². The van der Waals surface area contributed by atoms with Gasteiger partial charge in [-0.15, -0.1) is 0 Å². The maximum Gasteiger partial charge on any atom is 0.168 e. The molecule has 0 aliphatic rings. The Kier molecular flexibility index (Phi) is 6.77. The quantitative estimate of drug-likeness (QED) is 0.501. The number of benzene rings is 2. The third-order valence-corrected chi connectivity index (χ3v) is 5.51. The zero-order chi connectivity index (χ0) is 19.3. The second kappa shape index (κ2) is 8.64. The highest BCUT2D eigenvalue weighted by molar-refractivity contribution is 8.06. The number of aryl methyl sites for hydroxylation is 1. The van der Waals surface area contributed by atoms with E-state index >= 15 is 0 Å². The summed E-state index contributed by atoms with van der Waals surface area (Å²) in [5, 5.41) is 0.924. The Hall–Kier alpha value is -1.93. The molecule has 0 aliphatic heterocycles. The van der Waals surface area contributed by atoms with Crippen molar-refractivity contribution >= 4 is 17.3 Å². The molecule has 0 bridgehead atoms. The molecule has 2 heteroatoms. The Morgan fingerprint density at radius 3 is 2.00 bits per heavy atom. The van der Waals surface area contributed by atoms with Crippen molar-refractivity contribution in [1.82, 2.24) is 0 Å². The lowest BCUT2D eigenvalue weighted by atomic mass is 9.86. The van der Waals surface area contributed by atoms with Crippen LogP contribution in [-0.2, 0) is 5.41 Å². The molecule has 2 rings (SSSR count). The predicted molar refractivity (Wildman–Crippen MR) is 117 cm³/mol. The summed E-state index contributed by atoms with van der Waals surface area (Å²) < 4.78 is 6.26. The summed E-state index contributed by atoms with van der Waals surface area (Å²) in [7, 11) is 0. The van der Waals surface area contributed by atoms with Gasteiger partial charge in [0.2, 0.25) is 0 Å². The van der Waals surface area contributed by atoms with Crippen LogP contribution < -0.4 is 4.74 Å². The first-order valence-electron chi connectivity index (χ1n) is 9.08. The molecule has 0 aromatic heterocycles. The molecule has 0 saturated carbocycles. The van der Waals surface area contributed by atoms with Crippen molar-refractivity contribution in [1.29, 1.82) is 0 Å². The van der Waals surface area contributed by atoms with Crippen LogP contribution in [0.1, 0.15) is 58.2 Å². The van der Waals surface area contributed by atoms with E-state index in [-0.39, 0.29) is 5.41 Å². The van der Waals surface area contributed by atoms with Gasteiger partial charge in [-0.3, -0.25) is 0 Å². The highest BCUT2D eigenvalue weighted by atomic mass is 32.2. The third-order valence-electron chi connectivity index (χ3n) is 4.38. The fourth-order valence-corrected chi connectivity index (χ4v) is 3.25. The smallest absolute Gasteiger partial charge is 0.168 e. The molecule has 0 heterocycles. The van der Waals surface area contributed by atoms with Gasteiger partial charge in [0.1, 0.15) is 5.75 Å². The topological polar surface area (TPSA) is 9.23 Å². The molecule has 0 fully saturated rings. The van der Waals surface area contributed by atoms with Crippen LogP contribution in [0, 0.1) is 6.92 Å². The van der Waals surface area contributed by atoms with Gasteiger partial charge in [0, 0.05) is 5.57 Å². The Bertz CT molecular complexity index is 788. The molecule has 0 aliphatic carbocycles. The van der Waals surface area contributed by atoms with Crippen molar-refractivity contribution in [3.8, 4) is 5.75 Å². The molecule has 26 heavy (non-hydrogen) atoms. The first-order valence-corrected chi connectivity index (χ1v) is 9.89. The van der Waals surface area contributed by atoms with E-state index in [1.807, 2.05) is 12.1 Å². The molecule has 2 aromatic carbocycles. The van der Waals surface area contributed by atoms with Gasteiger partial charge in [0.25, 0.3) is 0 Å². The minimum Gasteiger partial charge on any atom is -0.450 e. The van der Waals surface area contributed by atoms with E-state index in [4.69, 9.17) is 4.74 Å². The molecule has 0 atom stereocenters. The van der Waals surface area contributed by atoms with Crippen LogP contribution in [0.25, 0.3) is 5.57 Å². The fraction of sp³-hybridized carbons (Fsp3) is 0.333. The van der Waals surface area contributed by atoms with Crippen LogP contribution >= 0.6 is 11.8 Å². The first-order chi connectivity index (χ1) is 12.2. The summed E-state index contributed by atoms with van der Waals surface area (Å²) in [4.78, 5) is 1.22. The Balaban J connectivity index is 2.39. The van der Waals surface area contributed by atoms with Crippen LogP contribution in [0.15, 0.2) is 64.6 Å². The van der Waals surface area contributed by atoms with Gasteiger partial charge in [-0.05, 0) is 61.3 Å². The molecule has 0 amide bonds. The standard InChI is InChI=1S/C24H30OS/c1-8-18(3)26-23(25-22-15-9-17(2)10-16-22)19(4)20-11-13-21(14-12-20)24(5,6)7/h8-16H,1-7H3/b18-8-,23-19+. The minimum atomic E-state index is 0.160. The fourth-order valence-electron chi connectivity index (χ4n) is 2.43. The normalized spacial score (nSPS) is 13.4. The second-order valence-corrected chi connectivity index (χ2v) is 8.88. The number of hydrogen-bond donors (Lipinski definition) is 0. The third kappa shape index (κ3) is 5.54. The molecule has 2 aromatic rings. The monoisotopic (exact) mass is 366 g/mol. The summed E-state index contributed by atoms with van der Waals surface area (Å²) >= 11 is 1.67. The zero-order valence-corrected chi connectivity index (χ0v) is 17.8. The van der Waals surface area contributed by atoms with Gasteiger partial charge in [-0.1, -0.05) is 80.6 Å². The minimum absolute atomic E-state index is 0.160. The van der Waals surface area contributed by atoms with Crippen molar-refractivity contribution in [2.75, 3.05) is 0 Å². The van der Waals surface area contributed by atoms with Crippen LogP contribution in [0.3, 0.4) is 0 Å². The molecule has 0 radical (unpaired) electrons. The summed E-state index contributed by atoms with van der Waals surface area (Å²) in [6.07, 6.45) is 2.11. The summed E-state index contributed by atoms with van der Waals surface area (Å²) in [6.45, 7) is 15.1. The van der Waals surface area contributed by atoms with Crippen LogP contribution in [0.2, 0.25) is 0 Å². The largest absolute Gasteiger partial charge is 0.450 e. The van der Waals surface area contributed by atoms with Crippen LogP contribution in [-0.4, -0.2) is 0 Å². The molecule has 0 N–H and O–H groups in total. The number of allylic oxidation sites excluding steroid dienone is 3. The van der Waals surface area contributed by atoms with Crippen molar-refractivity contribution in [2.24, 2.45) is 0 Å². The summed E-state index contributed by atoms with van der Waals surface area (Å²) in [5.74, 6) is 0.868. The van der Waals surface area contributed by atoms with Crippen molar-refractivity contribution in [3.05, 3.63) is 81.3 Å². The molecule has 0 saturated heterocycles. The average molecular weight is 367 g/mol. The van der Waals surface area contributed by atoms with E-state index in [0.717, 1.165) is 16.4 Å².